The van der Waals surface area contributed by atoms with Gasteiger partial charge in [-0.1, -0.05) is 11.2 Å². The SMILES string of the molecule is Fc1ccc(C2CCOCC2)c(C2CCN([C@@H]3COC4(C3)CN(c3nnco3)C4)CC2)c1. The molecule has 0 unspecified atom stereocenters. The molecule has 4 aliphatic rings. The van der Waals surface area contributed by atoms with Gasteiger partial charge in [0.15, 0.2) is 0 Å². The lowest BCUT2D eigenvalue weighted by molar-refractivity contribution is -0.0216. The largest absolute Gasteiger partial charge is 0.411 e. The Balaban J connectivity index is 1.07. The standard InChI is InChI=1S/C24H31FN4O3/c25-19-1-2-21(18-5-9-30-10-6-18)22(11-19)17-3-7-28(8-4-17)20-12-24(32-13-20)14-29(15-24)23-27-26-16-31-23/h1-2,11,16-18,20H,3-10,12-15H2/t20-/m0/s1. The molecule has 4 fully saturated rings. The van der Waals surface area contributed by atoms with Crippen LogP contribution in [0.2, 0.25) is 0 Å². The molecule has 2 aromatic rings. The first-order chi connectivity index (χ1) is 15.7. The molecule has 1 atom stereocenters. The van der Waals surface area contributed by atoms with Crippen LogP contribution in [0.25, 0.3) is 0 Å². The molecule has 0 bridgehead atoms. The second kappa shape index (κ2) is 8.39. The van der Waals surface area contributed by atoms with E-state index in [0.29, 0.717) is 23.9 Å². The van der Waals surface area contributed by atoms with Gasteiger partial charge in [-0.25, -0.2) is 4.39 Å². The van der Waals surface area contributed by atoms with Gasteiger partial charge in [-0.3, -0.25) is 4.90 Å². The molecule has 0 amide bonds. The molecule has 4 saturated heterocycles. The molecular formula is C24H31FN4O3. The van der Waals surface area contributed by atoms with E-state index in [2.05, 4.69) is 20.0 Å². The molecule has 0 radical (unpaired) electrons. The number of piperidine rings is 1. The van der Waals surface area contributed by atoms with Crippen molar-refractivity contribution in [3.8, 4) is 0 Å². The predicted molar refractivity (Wildman–Crippen MR) is 116 cm³/mol. The summed E-state index contributed by atoms with van der Waals surface area (Å²) in [5, 5.41) is 7.76. The number of anilines is 1. The molecule has 4 aliphatic heterocycles. The number of ether oxygens (including phenoxy) is 2. The Morgan fingerprint density at radius 2 is 1.78 bits per heavy atom. The van der Waals surface area contributed by atoms with Crippen molar-refractivity contribution in [2.24, 2.45) is 0 Å². The van der Waals surface area contributed by atoms with E-state index in [9.17, 15) is 4.39 Å². The average molecular weight is 443 g/mol. The summed E-state index contributed by atoms with van der Waals surface area (Å²) in [4.78, 5) is 4.68. The topological polar surface area (TPSA) is 63.9 Å². The molecule has 1 aromatic carbocycles. The second-order valence-corrected chi connectivity index (χ2v) is 9.90. The third-order valence-electron chi connectivity index (χ3n) is 7.96. The maximum absolute atomic E-state index is 14.2. The van der Waals surface area contributed by atoms with Gasteiger partial charge in [0.25, 0.3) is 0 Å². The number of likely N-dealkylation sites (tertiary alicyclic amines) is 1. The van der Waals surface area contributed by atoms with Crippen molar-refractivity contribution >= 4 is 6.01 Å². The van der Waals surface area contributed by atoms with Gasteiger partial charge >= 0.3 is 6.01 Å². The molecule has 8 heteroatoms. The fraction of sp³-hybridized carbons (Fsp3) is 0.667. The summed E-state index contributed by atoms with van der Waals surface area (Å²) < 4.78 is 31.3. The lowest BCUT2D eigenvalue weighted by Gasteiger charge is -2.46. The van der Waals surface area contributed by atoms with Crippen molar-refractivity contribution in [3.05, 3.63) is 41.5 Å². The Hall–Kier alpha value is -2.03. The van der Waals surface area contributed by atoms with Gasteiger partial charge in [-0.15, -0.1) is 5.10 Å². The Kier molecular flexibility index (Phi) is 5.39. The Labute approximate surface area is 187 Å². The van der Waals surface area contributed by atoms with Crippen LogP contribution in [0.1, 0.15) is 55.1 Å². The molecule has 0 saturated carbocycles. The summed E-state index contributed by atoms with van der Waals surface area (Å²) in [7, 11) is 0. The van der Waals surface area contributed by atoms with E-state index in [-0.39, 0.29) is 11.4 Å². The number of hydrogen-bond acceptors (Lipinski definition) is 7. The number of rotatable bonds is 4. The van der Waals surface area contributed by atoms with Crippen LogP contribution in [0.15, 0.2) is 29.0 Å². The lowest BCUT2D eigenvalue weighted by Crippen LogP contribution is -2.62. The van der Waals surface area contributed by atoms with E-state index in [0.717, 1.165) is 78.1 Å². The van der Waals surface area contributed by atoms with Crippen molar-refractivity contribution in [2.45, 2.75) is 55.6 Å². The van der Waals surface area contributed by atoms with E-state index >= 15 is 0 Å². The van der Waals surface area contributed by atoms with Crippen molar-refractivity contribution in [3.63, 3.8) is 0 Å². The average Bonchev–Trinajstić information content (AvgIpc) is 3.49. The van der Waals surface area contributed by atoms with E-state index in [1.165, 1.54) is 17.5 Å². The highest BCUT2D eigenvalue weighted by Gasteiger charge is 2.52. The van der Waals surface area contributed by atoms with Gasteiger partial charge in [0.05, 0.1) is 19.7 Å². The van der Waals surface area contributed by atoms with Gasteiger partial charge < -0.3 is 18.8 Å². The number of nitrogens with zero attached hydrogens (tertiary/aromatic N) is 4. The van der Waals surface area contributed by atoms with Gasteiger partial charge in [0, 0.05) is 19.3 Å². The van der Waals surface area contributed by atoms with E-state index in [1.807, 2.05) is 6.07 Å². The van der Waals surface area contributed by atoms with Crippen molar-refractivity contribution in [1.82, 2.24) is 15.1 Å². The maximum atomic E-state index is 14.2. The van der Waals surface area contributed by atoms with E-state index in [1.54, 1.807) is 12.1 Å². The van der Waals surface area contributed by atoms with Crippen molar-refractivity contribution < 1.29 is 18.3 Å². The number of benzene rings is 1. The minimum atomic E-state index is -0.111. The van der Waals surface area contributed by atoms with E-state index < -0.39 is 0 Å². The minimum absolute atomic E-state index is 0.0746. The summed E-state index contributed by atoms with van der Waals surface area (Å²) >= 11 is 0. The normalized spacial score (nSPS) is 27.2. The first-order valence-electron chi connectivity index (χ1n) is 12.0. The minimum Gasteiger partial charge on any atom is -0.411 e. The molecule has 0 aliphatic carbocycles. The van der Waals surface area contributed by atoms with Crippen molar-refractivity contribution in [1.29, 1.82) is 0 Å². The van der Waals surface area contributed by atoms with Crippen LogP contribution in [-0.2, 0) is 9.47 Å². The van der Waals surface area contributed by atoms with Crippen LogP contribution < -0.4 is 4.90 Å². The molecule has 1 aromatic heterocycles. The van der Waals surface area contributed by atoms with Crippen LogP contribution in [0, 0.1) is 5.82 Å². The molecule has 0 N–H and O–H groups in total. The van der Waals surface area contributed by atoms with E-state index in [4.69, 9.17) is 13.9 Å². The van der Waals surface area contributed by atoms with Crippen molar-refractivity contribution in [2.75, 3.05) is 50.9 Å². The molecule has 1 spiro atoms. The third kappa shape index (κ3) is 3.82. The third-order valence-corrected chi connectivity index (χ3v) is 7.96. The Morgan fingerprint density at radius 3 is 2.53 bits per heavy atom. The summed E-state index contributed by atoms with van der Waals surface area (Å²) in [6.45, 7) is 6.15. The molecule has 7 nitrogen and oxygen atoms in total. The Morgan fingerprint density at radius 1 is 1.00 bits per heavy atom. The number of aromatic nitrogens is 2. The van der Waals surface area contributed by atoms with Crippen LogP contribution >= 0.6 is 0 Å². The van der Waals surface area contributed by atoms with Crippen LogP contribution in [0.3, 0.4) is 0 Å². The zero-order valence-electron chi connectivity index (χ0n) is 18.4. The molecule has 5 heterocycles. The highest BCUT2D eigenvalue weighted by Crippen LogP contribution is 2.41. The zero-order chi connectivity index (χ0) is 21.5. The fourth-order valence-corrected chi connectivity index (χ4v) is 6.22. The van der Waals surface area contributed by atoms with Gasteiger partial charge in [-0.05, 0) is 80.3 Å². The van der Waals surface area contributed by atoms with Gasteiger partial charge in [0.1, 0.15) is 11.4 Å². The fourth-order valence-electron chi connectivity index (χ4n) is 6.22. The zero-order valence-corrected chi connectivity index (χ0v) is 18.4. The van der Waals surface area contributed by atoms with Crippen LogP contribution in [0.5, 0.6) is 0 Å². The quantitative estimate of drug-likeness (QED) is 0.720. The Bertz CT molecular complexity index is 919. The molecular weight excluding hydrogens is 411 g/mol. The number of hydrogen-bond donors (Lipinski definition) is 0. The molecule has 6 rings (SSSR count). The highest BCUT2D eigenvalue weighted by molar-refractivity contribution is 5.36. The summed E-state index contributed by atoms with van der Waals surface area (Å²) in [6.07, 6.45) is 6.66. The smallest absolute Gasteiger partial charge is 0.318 e. The van der Waals surface area contributed by atoms with Crippen LogP contribution in [-0.4, -0.2) is 72.7 Å². The monoisotopic (exact) mass is 442 g/mol. The first-order valence-corrected chi connectivity index (χ1v) is 12.0. The summed E-state index contributed by atoms with van der Waals surface area (Å²) in [6, 6.07) is 6.52. The molecule has 172 valence electrons. The second-order valence-electron chi connectivity index (χ2n) is 9.90. The predicted octanol–water partition coefficient (Wildman–Crippen LogP) is 3.33. The maximum Gasteiger partial charge on any atom is 0.318 e. The lowest BCUT2D eigenvalue weighted by atomic mass is 9.80. The van der Waals surface area contributed by atoms with Gasteiger partial charge in [-0.2, -0.15) is 0 Å². The first kappa shape index (κ1) is 20.6. The van der Waals surface area contributed by atoms with Crippen LogP contribution in [0.4, 0.5) is 10.4 Å². The summed E-state index contributed by atoms with van der Waals surface area (Å²) in [5.74, 6) is 0.828. The highest BCUT2D eigenvalue weighted by atomic mass is 19.1. The van der Waals surface area contributed by atoms with Gasteiger partial charge in [0.2, 0.25) is 6.39 Å². The number of halogens is 1. The summed E-state index contributed by atoms with van der Waals surface area (Å²) in [5.41, 5.74) is 2.52. The molecule has 32 heavy (non-hydrogen) atoms.